The fourth-order valence-corrected chi connectivity index (χ4v) is 2.71. The highest BCUT2D eigenvalue weighted by atomic mass is 16.3. The van der Waals surface area contributed by atoms with E-state index in [0.717, 1.165) is 5.69 Å². The molecule has 1 saturated heterocycles. The normalized spacial score (nSPS) is 14.4. The number of aromatic hydroxyl groups is 1. The molecule has 0 spiro atoms. The molecule has 0 aliphatic carbocycles. The van der Waals surface area contributed by atoms with Gasteiger partial charge in [-0.15, -0.1) is 0 Å². The summed E-state index contributed by atoms with van der Waals surface area (Å²) in [5.74, 6) is -0.259. The highest BCUT2D eigenvalue weighted by Gasteiger charge is 2.21. The maximum atomic E-state index is 12.3. The molecule has 9 nitrogen and oxygen atoms in total. The smallest absolute Gasteiger partial charge is 0.322 e. The summed E-state index contributed by atoms with van der Waals surface area (Å²) >= 11 is 0. The zero-order chi connectivity index (χ0) is 17.8. The number of benzene rings is 1. The number of phenolic OH excluding ortho intramolecular Hbond substituents is 1. The molecule has 0 unspecified atom stereocenters. The first-order valence-electron chi connectivity index (χ1n) is 7.92. The lowest BCUT2D eigenvalue weighted by atomic mass is 10.2. The number of anilines is 2. The van der Waals surface area contributed by atoms with Gasteiger partial charge >= 0.3 is 6.03 Å². The van der Waals surface area contributed by atoms with Crippen molar-refractivity contribution in [3.8, 4) is 5.75 Å². The van der Waals surface area contributed by atoms with E-state index in [0.29, 0.717) is 31.9 Å². The lowest BCUT2D eigenvalue weighted by Gasteiger charge is -2.36. The first-order chi connectivity index (χ1) is 12.0. The maximum absolute atomic E-state index is 12.3. The van der Waals surface area contributed by atoms with Crippen molar-refractivity contribution in [2.45, 2.75) is 6.54 Å². The number of phenols is 1. The van der Waals surface area contributed by atoms with Gasteiger partial charge in [-0.2, -0.15) is 5.10 Å². The van der Waals surface area contributed by atoms with Crippen LogP contribution in [0.4, 0.5) is 16.2 Å². The Balaban J connectivity index is 1.52. The van der Waals surface area contributed by atoms with Gasteiger partial charge in [0.2, 0.25) is 5.91 Å². The molecule has 4 N–H and O–H groups in total. The van der Waals surface area contributed by atoms with E-state index >= 15 is 0 Å². The second kappa shape index (κ2) is 7.12. The van der Waals surface area contributed by atoms with E-state index < -0.39 is 5.91 Å². The number of aromatic nitrogens is 2. The van der Waals surface area contributed by atoms with Crippen molar-refractivity contribution in [1.29, 1.82) is 0 Å². The van der Waals surface area contributed by atoms with Crippen molar-refractivity contribution >= 4 is 23.3 Å². The van der Waals surface area contributed by atoms with Crippen LogP contribution in [0.5, 0.6) is 5.75 Å². The first kappa shape index (κ1) is 16.6. The maximum Gasteiger partial charge on any atom is 0.322 e. The van der Waals surface area contributed by atoms with Crippen LogP contribution < -0.4 is 16.0 Å². The zero-order valence-corrected chi connectivity index (χ0v) is 13.6. The Hall–Kier alpha value is -3.23. The number of nitrogens with zero attached hydrogens (tertiary/aromatic N) is 4. The van der Waals surface area contributed by atoms with E-state index in [-0.39, 0.29) is 18.3 Å². The molecule has 3 amide bonds. The van der Waals surface area contributed by atoms with E-state index in [4.69, 9.17) is 5.73 Å². The molecule has 0 radical (unpaired) electrons. The van der Waals surface area contributed by atoms with Crippen LogP contribution in [0.1, 0.15) is 0 Å². The molecular formula is C16H20N6O3. The predicted octanol–water partition coefficient (Wildman–Crippen LogP) is 0.428. The zero-order valence-electron chi connectivity index (χ0n) is 13.6. The van der Waals surface area contributed by atoms with Crippen molar-refractivity contribution in [2.75, 3.05) is 36.4 Å². The number of carbonyl (C=O) groups excluding carboxylic acids is 2. The molecule has 1 aromatic carbocycles. The summed E-state index contributed by atoms with van der Waals surface area (Å²) in [5.41, 5.74) is 6.65. The molecule has 1 fully saturated rings. The Morgan fingerprint density at radius 3 is 2.48 bits per heavy atom. The Morgan fingerprint density at radius 1 is 1.16 bits per heavy atom. The van der Waals surface area contributed by atoms with Crippen LogP contribution in [-0.4, -0.2) is 57.9 Å². The first-order valence-corrected chi connectivity index (χ1v) is 7.92. The largest absolute Gasteiger partial charge is 0.508 e. The predicted molar refractivity (Wildman–Crippen MR) is 92.3 cm³/mol. The number of urea groups is 1. The standard InChI is InChI=1S/C16H20N6O3/c17-15(24)11-22-10-12(9-18-22)19-16(25)21-7-5-20(6-8-21)13-1-3-14(23)4-2-13/h1-4,9-10,23H,5-8,11H2,(H2,17,24)(H,19,25). The SMILES string of the molecule is NC(=O)Cn1cc(NC(=O)N2CCN(c3ccc(O)cc3)CC2)cn1. The highest BCUT2D eigenvalue weighted by molar-refractivity contribution is 5.89. The summed E-state index contributed by atoms with van der Waals surface area (Å²) in [7, 11) is 0. The number of amides is 3. The van der Waals surface area contributed by atoms with E-state index in [1.165, 1.54) is 10.9 Å². The summed E-state index contributed by atoms with van der Waals surface area (Å²) < 4.78 is 1.38. The van der Waals surface area contributed by atoms with E-state index in [1.807, 2.05) is 12.1 Å². The minimum atomic E-state index is -0.494. The molecule has 9 heteroatoms. The van der Waals surface area contributed by atoms with Gasteiger partial charge in [-0.25, -0.2) is 4.79 Å². The second-order valence-electron chi connectivity index (χ2n) is 5.81. The molecule has 132 valence electrons. The van der Waals surface area contributed by atoms with Gasteiger partial charge < -0.3 is 26.0 Å². The van der Waals surface area contributed by atoms with Gasteiger partial charge in [0, 0.05) is 38.1 Å². The van der Waals surface area contributed by atoms with Gasteiger partial charge in [-0.05, 0) is 24.3 Å². The highest BCUT2D eigenvalue weighted by Crippen LogP contribution is 2.20. The average Bonchev–Trinajstić information content (AvgIpc) is 3.02. The Bertz CT molecular complexity index is 749. The van der Waals surface area contributed by atoms with Gasteiger partial charge in [-0.1, -0.05) is 0 Å². The van der Waals surface area contributed by atoms with Crippen molar-refractivity contribution in [2.24, 2.45) is 5.73 Å². The second-order valence-corrected chi connectivity index (χ2v) is 5.81. The van der Waals surface area contributed by atoms with Crippen LogP contribution in [0, 0.1) is 0 Å². The third-order valence-corrected chi connectivity index (χ3v) is 3.98. The van der Waals surface area contributed by atoms with Crippen molar-refractivity contribution in [1.82, 2.24) is 14.7 Å². The van der Waals surface area contributed by atoms with Gasteiger partial charge in [0.1, 0.15) is 12.3 Å². The molecule has 1 aromatic heterocycles. The van der Waals surface area contributed by atoms with Crippen molar-refractivity contribution in [3.63, 3.8) is 0 Å². The number of nitrogens with one attached hydrogen (secondary N) is 1. The molecule has 3 rings (SSSR count). The van der Waals surface area contributed by atoms with Crippen LogP contribution in [0.3, 0.4) is 0 Å². The number of primary amides is 1. The molecule has 2 aromatic rings. The van der Waals surface area contributed by atoms with Crippen molar-refractivity contribution in [3.05, 3.63) is 36.7 Å². The number of piperazine rings is 1. The third kappa shape index (κ3) is 4.19. The van der Waals surface area contributed by atoms with Crippen LogP contribution >= 0.6 is 0 Å². The summed E-state index contributed by atoms with van der Waals surface area (Å²) in [6.45, 7) is 2.56. The minimum Gasteiger partial charge on any atom is -0.508 e. The molecule has 2 heterocycles. The molecule has 0 saturated carbocycles. The van der Waals surface area contributed by atoms with Crippen LogP contribution in [-0.2, 0) is 11.3 Å². The van der Waals surface area contributed by atoms with E-state index in [2.05, 4.69) is 15.3 Å². The lowest BCUT2D eigenvalue weighted by molar-refractivity contribution is -0.118. The molecule has 25 heavy (non-hydrogen) atoms. The molecule has 0 atom stereocenters. The Kier molecular flexibility index (Phi) is 4.73. The summed E-state index contributed by atoms with van der Waals surface area (Å²) in [6, 6.07) is 6.82. The van der Waals surface area contributed by atoms with E-state index in [1.54, 1.807) is 23.2 Å². The molecular weight excluding hydrogens is 324 g/mol. The number of hydrogen-bond acceptors (Lipinski definition) is 5. The molecule has 0 bridgehead atoms. The summed E-state index contributed by atoms with van der Waals surface area (Å²) in [4.78, 5) is 27.1. The van der Waals surface area contributed by atoms with Gasteiger partial charge in [0.25, 0.3) is 0 Å². The van der Waals surface area contributed by atoms with Gasteiger partial charge in [0.05, 0.1) is 11.9 Å². The number of nitrogens with two attached hydrogens (primary N) is 1. The van der Waals surface area contributed by atoms with Crippen LogP contribution in [0.25, 0.3) is 0 Å². The van der Waals surface area contributed by atoms with Crippen molar-refractivity contribution < 1.29 is 14.7 Å². The summed E-state index contributed by atoms with van der Waals surface area (Å²) in [6.07, 6.45) is 3.04. The van der Waals surface area contributed by atoms with Gasteiger partial charge in [-0.3, -0.25) is 9.48 Å². The lowest BCUT2D eigenvalue weighted by Crippen LogP contribution is -2.50. The molecule has 1 aliphatic rings. The van der Waals surface area contributed by atoms with E-state index in [9.17, 15) is 14.7 Å². The topological polar surface area (TPSA) is 117 Å². The third-order valence-electron chi connectivity index (χ3n) is 3.98. The fraction of sp³-hybridized carbons (Fsp3) is 0.312. The van der Waals surface area contributed by atoms with Gasteiger partial charge in [0.15, 0.2) is 0 Å². The number of rotatable bonds is 4. The Morgan fingerprint density at radius 2 is 1.84 bits per heavy atom. The fourth-order valence-electron chi connectivity index (χ4n) is 2.71. The Labute approximate surface area is 144 Å². The summed E-state index contributed by atoms with van der Waals surface area (Å²) in [5, 5.41) is 16.1. The van der Waals surface area contributed by atoms with Crippen LogP contribution in [0.2, 0.25) is 0 Å². The average molecular weight is 344 g/mol. The quantitative estimate of drug-likeness (QED) is 0.743. The number of carbonyl (C=O) groups is 2. The van der Waals surface area contributed by atoms with Crippen LogP contribution in [0.15, 0.2) is 36.7 Å². The monoisotopic (exact) mass is 344 g/mol. The number of hydrogen-bond donors (Lipinski definition) is 3. The minimum absolute atomic E-state index is 0.0266. The molecule has 1 aliphatic heterocycles.